The zero-order valence-corrected chi connectivity index (χ0v) is 11.4. The van der Waals surface area contributed by atoms with Crippen LogP contribution < -0.4 is 5.32 Å². The van der Waals surface area contributed by atoms with Crippen LogP contribution in [0, 0.1) is 0 Å². The molecule has 1 aliphatic rings. The maximum atomic E-state index is 12.2. The molecule has 0 bridgehead atoms. The maximum Gasteiger partial charge on any atom is 0.317 e. The number of hydrogen-bond donors (Lipinski definition) is 2. The van der Waals surface area contributed by atoms with Gasteiger partial charge in [-0.15, -0.1) is 0 Å². The number of amides is 2. The molecule has 0 aliphatic heterocycles. The van der Waals surface area contributed by atoms with Gasteiger partial charge in [0.1, 0.15) is 0 Å². The second-order valence-corrected chi connectivity index (χ2v) is 5.23. The van der Waals surface area contributed by atoms with Gasteiger partial charge in [0.15, 0.2) is 0 Å². The third kappa shape index (κ3) is 3.07. The fraction of sp³-hybridized carbons (Fsp3) is 0.533. The third-order valence-electron chi connectivity index (χ3n) is 3.91. The summed E-state index contributed by atoms with van der Waals surface area (Å²) in [6.45, 7) is 0.346. The molecule has 0 radical (unpaired) electrons. The second-order valence-electron chi connectivity index (χ2n) is 5.23. The average Bonchev–Trinajstić information content (AvgIpc) is 2.90. The molecule has 0 spiro atoms. The molecular weight excluding hydrogens is 240 g/mol. The highest BCUT2D eigenvalue weighted by atomic mass is 16.3. The standard InChI is InChI=1S/C15H22N2O2/c1-17(11-12-18)14(19)16-15(9-5-6-10-15)13-7-3-2-4-8-13/h2-4,7-8,18H,5-6,9-12H2,1H3,(H,16,19). The Labute approximate surface area is 114 Å². The number of rotatable bonds is 4. The van der Waals surface area contributed by atoms with Gasteiger partial charge in [-0.2, -0.15) is 0 Å². The summed E-state index contributed by atoms with van der Waals surface area (Å²) in [7, 11) is 1.71. The van der Waals surface area contributed by atoms with Gasteiger partial charge in [0, 0.05) is 13.6 Å². The Bertz CT molecular complexity index is 413. The first-order chi connectivity index (χ1) is 9.18. The van der Waals surface area contributed by atoms with Crippen LogP contribution in [-0.2, 0) is 5.54 Å². The van der Waals surface area contributed by atoms with Crippen LogP contribution in [0.25, 0.3) is 0 Å². The first kappa shape index (κ1) is 13.9. The number of likely N-dealkylation sites (N-methyl/N-ethyl adjacent to an activating group) is 1. The Morgan fingerprint density at radius 3 is 2.53 bits per heavy atom. The highest BCUT2D eigenvalue weighted by Crippen LogP contribution is 2.38. The van der Waals surface area contributed by atoms with Crippen molar-refractivity contribution in [1.82, 2.24) is 10.2 Å². The fourth-order valence-electron chi connectivity index (χ4n) is 2.77. The molecule has 0 saturated heterocycles. The Morgan fingerprint density at radius 1 is 1.32 bits per heavy atom. The van der Waals surface area contributed by atoms with Crippen LogP contribution in [0.2, 0.25) is 0 Å². The Balaban J connectivity index is 2.15. The van der Waals surface area contributed by atoms with Crippen LogP contribution in [0.4, 0.5) is 4.79 Å². The van der Waals surface area contributed by atoms with E-state index >= 15 is 0 Å². The van der Waals surface area contributed by atoms with Gasteiger partial charge in [0.05, 0.1) is 12.1 Å². The number of carbonyl (C=O) groups excluding carboxylic acids is 1. The lowest BCUT2D eigenvalue weighted by atomic mass is 9.88. The van der Waals surface area contributed by atoms with Crippen molar-refractivity contribution in [2.75, 3.05) is 20.2 Å². The van der Waals surface area contributed by atoms with Crippen molar-refractivity contribution in [3.8, 4) is 0 Å². The number of aliphatic hydroxyl groups excluding tert-OH is 1. The van der Waals surface area contributed by atoms with Gasteiger partial charge < -0.3 is 15.3 Å². The molecule has 1 saturated carbocycles. The number of carbonyl (C=O) groups is 1. The number of hydrogen-bond acceptors (Lipinski definition) is 2. The molecule has 0 aromatic heterocycles. The van der Waals surface area contributed by atoms with Gasteiger partial charge in [-0.3, -0.25) is 0 Å². The first-order valence-electron chi connectivity index (χ1n) is 6.88. The minimum Gasteiger partial charge on any atom is -0.395 e. The first-order valence-corrected chi connectivity index (χ1v) is 6.88. The topological polar surface area (TPSA) is 52.6 Å². The second kappa shape index (κ2) is 6.06. The van der Waals surface area contributed by atoms with Gasteiger partial charge in [-0.1, -0.05) is 43.2 Å². The quantitative estimate of drug-likeness (QED) is 0.873. The van der Waals surface area contributed by atoms with Crippen molar-refractivity contribution in [1.29, 1.82) is 0 Å². The van der Waals surface area contributed by atoms with Gasteiger partial charge in [0.2, 0.25) is 0 Å². The smallest absolute Gasteiger partial charge is 0.317 e. The Hall–Kier alpha value is -1.55. The summed E-state index contributed by atoms with van der Waals surface area (Å²) in [6.07, 6.45) is 4.24. The van der Waals surface area contributed by atoms with Gasteiger partial charge in [0.25, 0.3) is 0 Å². The Kier molecular flexibility index (Phi) is 4.43. The molecule has 1 aromatic rings. The molecule has 0 heterocycles. The molecule has 4 heteroatoms. The highest BCUT2D eigenvalue weighted by molar-refractivity contribution is 5.75. The predicted octanol–water partition coefficient (Wildman–Crippen LogP) is 2.09. The van der Waals surface area contributed by atoms with Crippen LogP contribution >= 0.6 is 0 Å². The van der Waals surface area contributed by atoms with E-state index in [-0.39, 0.29) is 18.2 Å². The molecule has 0 atom stereocenters. The normalized spacial score (nSPS) is 17.2. The van der Waals surface area contributed by atoms with Crippen molar-refractivity contribution in [3.05, 3.63) is 35.9 Å². The molecule has 4 nitrogen and oxygen atoms in total. The average molecular weight is 262 g/mol. The van der Waals surface area contributed by atoms with E-state index < -0.39 is 0 Å². The van der Waals surface area contributed by atoms with Crippen LogP contribution in [0.5, 0.6) is 0 Å². The summed E-state index contributed by atoms with van der Waals surface area (Å²) >= 11 is 0. The van der Waals surface area contributed by atoms with Crippen molar-refractivity contribution < 1.29 is 9.90 Å². The minimum absolute atomic E-state index is 0.0116. The highest BCUT2D eigenvalue weighted by Gasteiger charge is 2.37. The van der Waals surface area contributed by atoms with Crippen LogP contribution in [-0.4, -0.2) is 36.2 Å². The number of benzene rings is 1. The summed E-state index contributed by atoms with van der Waals surface area (Å²) < 4.78 is 0. The molecule has 1 aromatic carbocycles. The van der Waals surface area contributed by atoms with E-state index in [2.05, 4.69) is 17.4 Å². The SMILES string of the molecule is CN(CCO)C(=O)NC1(c2ccccc2)CCCC1. The lowest BCUT2D eigenvalue weighted by Crippen LogP contribution is -2.49. The largest absolute Gasteiger partial charge is 0.395 e. The van der Waals surface area contributed by atoms with E-state index in [0.29, 0.717) is 6.54 Å². The van der Waals surface area contributed by atoms with E-state index in [1.165, 1.54) is 10.5 Å². The number of nitrogens with one attached hydrogen (secondary N) is 1. The van der Waals surface area contributed by atoms with E-state index in [9.17, 15) is 4.79 Å². The summed E-state index contributed by atoms with van der Waals surface area (Å²) in [5.74, 6) is 0. The molecule has 2 N–H and O–H groups in total. The summed E-state index contributed by atoms with van der Waals surface area (Å²) in [5.41, 5.74) is 0.945. The molecule has 19 heavy (non-hydrogen) atoms. The molecular formula is C15H22N2O2. The third-order valence-corrected chi connectivity index (χ3v) is 3.91. The zero-order chi connectivity index (χ0) is 13.7. The molecule has 0 unspecified atom stereocenters. The van der Waals surface area contributed by atoms with Crippen LogP contribution in [0.15, 0.2) is 30.3 Å². The van der Waals surface area contributed by atoms with E-state index in [4.69, 9.17) is 5.11 Å². The minimum atomic E-state index is -0.234. The monoisotopic (exact) mass is 262 g/mol. The number of urea groups is 1. The van der Waals surface area contributed by atoms with Crippen LogP contribution in [0.1, 0.15) is 31.2 Å². The van der Waals surface area contributed by atoms with E-state index in [0.717, 1.165) is 25.7 Å². The molecule has 2 amide bonds. The van der Waals surface area contributed by atoms with Gasteiger partial charge in [-0.25, -0.2) is 4.79 Å². The van der Waals surface area contributed by atoms with Crippen molar-refractivity contribution in [3.63, 3.8) is 0 Å². The molecule has 2 rings (SSSR count). The summed E-state index contributed by atoms with van der Waals surface area (Å²) in [4.78, 5) is 13.7. The van der Waals surface area contributed by atoms with E-state index in [1.807, 2.05) is 18.2 Å². The van der Waals surface area contributed by atoms with E-state index in [1.54, 1.807) is 7.05 Å². The lowest BCUT2D eigenvalue weighted by molar-refractivity contribution is 0.177. The lowest BCUT2D eigenvalue weighted by Gasteiger charge is -2.33. The number of nitrogens with zero attached hydrogens (tertiary/aromatic N) is 1. The molecule has 1 fully saturated rings. The maximum absolute atomic E-state index is 12.2. The van der Waals surface area contributed by atoms with Gasteiger partial charge >= 0.3 is 6.03 Å². The zero-order valence-electron chi connectivity index (χ0n) is 11.4. The number of aliphatic hydroxyl groups is 1. The Morgan fingerprint density at radius 2 is 1.95 bits per heavy atom. The molecule has 104 valence electrons. The van der Waals surface area contributed by atoms with Crippen molar-refractivity contribution in [2.45, 2.75) is 31.2 Å². The van der Waals surface area contributed by atoms with Gasteiger partial charge in [-0.05, 0) is 18.4 Å². The predicted molar refractivity (Wildman–Crippen MR) is 74.8 cm³/mol. The molecule has 1 aliphatic carbocycles. The summed E-state index contributed by atoms with van der Waals surface area (Å²) in [6, 6.07) is 10.1. The summed E-state index contributed by atoms with van der Waals surface area (Å²) in [5, 5.41) is 12.1. The van der Waals surface area contributed by atoms with Crippen molar-refractivity contribution >= 4 is 6.03 Å². The fourth-order valence-corrected chi connectivity index (χ4v) is 2.77. The van der Waals surface area contributed by atoms with Crippen molar-refractivity contribution in [2.24, 2.45) is 0 Å². The van der Waals surface area contributed by atoms with Crippen LogP contribution in [0.3, 0.4) is 0 Å².